The third-order valence-electron chi connectivity index (χ3n) is 3.33. The summed E-state index contributed by atoms with van der Waals surface area (Å²) in [6.07, 6.45) is 1.13. The van der Waals surface area contributed by atoms with Crippen molar-refractivity contribution in [2.24, 2.45) is 0 Å². The van der Waals surface area contributed by atoms with E-state index in [1.165, 1.54) is 12.1 Å². The number of rotatable bonds is 4. The standard InChI is InChI=1S/C17H13Cl3N2O2S/c1-10-3-4-16(11(2)5-10)22-25(23,24)14(9-21)7-12-6-13(18)8-15(19)17(12)20/h3-8,22H,1-2H3. The van der Waals surface area contributed by atoms with Crippen molar-refractivity contribution in [1.82, 2.24) is 0 Å². The summed E-state index contributed by atoms with van der Waals surface area (Å²) in [6.45, 7) is 3.67. The van der Waals surface area contributed by atoms with Crippen LogP contribution in [0.25, 0.3) is 6.08 Å². The van der Waals surface area contributed by atoms with Crippen molar-refractivity contribution >= 4 is 56.6 Å². The van der Waals surface area contributed by atoms with Crippen LogP contribution in [0.2, 0.25) is 15.1 Å². The zero-order chi connectivity index (χ0) is 18.8. The molecular weight excluding hydrogens is 403 g/mol. The van der Waals surface area contributed by atoms with Crippen molar-refractivity contribution < 1.29 is 8.42 Å². The first-order valence-electron chi connectivity index (χ1n) is 7.00. The monoisotopic (exact) mass is 414 g/mol. The summed E-state index contributed by atoms with van der Waals surface area (Å²) in [4.78, 5) is -0.507. The molecule has 0 amide bonds. The number of nitriles is 1. The van der Waals surface area contributed by atoms with E-state index in [1.807, 2.05) is 13.0 Å². The van der Waals surface area contributed by atoms with Gasteiger partial charge in [-0.1, -0.05) is 52.5 Å². The molecule has 2 rings (SSSR count). The molecule has 0 unspecified atom stereocenters. The molecule has 0 radical (unpaired) electrons. The SMILES string of the molecule is Cc1ccc(NS(=O)(=O)C(C#N)=Cc2cc(Cl)cc(Cl)c2Cl)c(C)c1. The van der Waals surface area contributed by atoms with Gasteiger partial charge in [-0.25, -0.2) is 8.42 Å². The van der Waals surface area contributed by atoms with Gasteiger partial charge in [0, 0.05) is 5.02 Å². The van der Waals surface area contributed by atoms with E-state index in [0.29, 0.717) is 5.69 Å². The summed E-state index contributed by atoms with van der Waals surface area (Å²) >= 11 is 17.9. The van der Waals surface area contributed by atoms with Gasteiger partial charge in [0.1, 0.15) is 6.07 Å². The van der Waals surface area contributed by atoms with E-state index in [9.17, 15) is 13.7 Å². The summed E-state index contributed by atoms with van der Waals surface area (Å²) in [5.41, 5.74) is 2.37. The van der Waals surface area contributed by atoms with Gasteiger partial charge in [-0.2, -0.15) is 5.26 Å². The van der Waals surface area contributed by atoms with Crippen molar-refractivity contribution in [3.8, 4) is 6.07 Å². The van der Waals surface area contributed by atoms with Gasteiger partial charge in [0.15, 0.2) is 4.91 Å². The highest BCUT2D eigenvalue weighted by molar-refractivity contribution is 7.97. The molecule has 0 aliphatic heterocycles. The van der Waals surface area contributed by atoms with Crippen molar-refractivity contribution in [2.75, 3.05) is 4.72 Å². The Morgan fingerprint density at radius 2 is 1.84 bits per heavy atom. The predicted octanol–water partition coefficient (Wildman–Crippen LogP) is 5.57. The molecule has 2 aromatic rings. The molecule has 130 valence electrons. The molecule has 0 fully saturated rings. The topological polar surface area (TPSA) is 70.0 Å². The van der Waals surface area contributed by atoms with Gasteiger partial charge in [-0.05, 0) is 49.2 Å². The van der Waals surface area contributed by atoms with Gasteiger partial charge in [0.25, 0.3) is 10.0 Å². The summed E-state index contributed by atoms with van der Waals surface area (Å²) < 4.78 is 27.5. The highest BCUT2D eigenvalue weighted by Gasteiger charge is 2.20. The van der Waals surface area contributed by atoms with Gasteiger partial charge in [0.05, 0.1) is 15.7 Å². The van der Waals surface area contributed by atoms with Crippen LogP contribution in [-0.2, 0) is 10.0 Å². The Hall–Kier alpha value is -1.71. The number of nitrogens with zero attached hydrogens (tertiary/aromatic N) is 1. The van der Waals surface area contributed by atoms with Crippen LogP contribution in [0.3, 0.4) is 0 Å². The Kier molecular flexibility index (Phi) is 6.02. The molecular formula is C17H13Cl3N2O2S. The lowest BCUT2D eigenvalue weighted by Gasteiger charge is -2.11. The molecule has 2 aromatic carbocycles. The molecule has 0 atom stereocenters. The van der Waals surface area contributed by atoms with Gasteiger partial charge < -0.3 is 0 Å². The first-order valence-corrected chi connectivity index (χ1v) is 9.62. The zero-order valence-electron chi connectivity index (χ0n) is 13.3. The first kappa shape index (κ1) is 19.6. The number of hydrogen-bond donors (Lipinski definition) is 1. The maximum absolute atomic E-state index is 12.5. The molecule has 25 heavy (non-hydrogen) atoms. The number of aryl methyl sites for hydroxylation is 2. The third kappa shape index (κ3) is 4.68. The first-order chi connectivity index (χ1) is 11.6. The molecule has 0 heterocycles. The van der Waals surface area contributed by atoms with Crippen molar-refractivity contribution in [1.29, 1.82) is 5.26 Å². The number of nitrogens with one attached hydrogen (secondary N) is 1. The summed E-state index contributed by atoms with van der Waals surface area (Å²) in [6, 6.07) is 9.78. The minimum absolute atomic E-state index is 0.112. The van der Waals surface area contributed by atoms with Crippen molar-refractivity contribution in [3.63, 3.8) is 0 Å². The van der Waals surface area contributed by atoms with Crippen LogP contribution in [0.15, 0.2) is 35.2 Å². The van der Waals surface area contributed by atoms with Gasteiger partial charge >= 0.3 is 0 Å². The van der Waals surface area contributed by atoms with Crippen molar-refractivity contribution in [2.45, 2.75) is 13.8 Å². The Balaban J connectivity index is 2.47. The largest absolute Gasteiger partial charge is 0.279 e. The number of allylic oxidation sites excluding steroid dienone is 1. The van der Waals surface area contributed by atoms with E-state index in [0.717, 1.165) is 17.2 Å². The molecule has 0 bridgehead atoms. The normalized spacial score (nSPS) is 11.9. The highest BCUT2D eigenvalue weighted by Crippen LogP contribution is 2.32. The van der Waals surface area contributed by atoms with Crippen LogP contribution < -0.4 is 4.72 Å². The Bertz CT molecular complexity index is 1010. The van der Waals surface area contributed by atoms with Gasteiger partial charge in [-0.3, -0.25) is 4.72 Å². The lowest BCUT2D eigenvalue weighted by Crippen LogP contribution is -2.15. The molecule has 0 aliphatic rings. The quantitative estimate of drug-likeness (QED) is 0.524. The van der Waals surface area contributed by atoms with E-state index >= 15 is 0 Å². The number of anilines is 1. The fraction of sp³-hybridized carbons (Fsp3) is 0.118. The Labute approximate surface area is 161 Å². The van der Waals surface area contributed by atoms with Crippen LogP contribution in [0.4, 0.5) is 5.69 Å². The van der Waals surface area contributed by atoms with E-state index in [2.05, 4.69) is 4.72 Å². The number of benzene rings is 2. The number of hydrogen-bond acceptors (Lipinski definition) is 3. The van der Waals surface area contributed by atoms with Crippen molar-refractivity contribution in [3.05, 3.63) is 67.0 Å². The van der Waals surface area contributed by atoms with Crippen LogP contribution >= 0.6 is 34.8 Å². The van der Waals surface area contributed by atoms with Crippen LogP contribution in [0.1, 0.15) is 16.7 Å². The minimum atomic E-state index is -4.10. The average Bonchev–Trinajstić information content (AvgIpc) is 2.51. The second kappa shape index (κ2) is 7.67. The molecule has 1 N–H and O–H groups in total. The Morgan fingerprint density at radius 1 is 1.16 bits per heavy atom. The van der Waals surface area contributed by atoms with E-state index in [1.54, 1.807) is 25.1 Å². The summed E-state index contributed by atoms with van der Waals surface area (Å²) in [5, 5.41) is 9.85. The predicted molar refractivity (Wildman–Crippen MR) is 104 cm³/mol. The molecule has 0 aromatic heterocycles. The maximum Gasteiger partial charge on any atom is 0.272 e. The number of sulfonamides is 1. The van der Waals surface area contributed by atoms with Crippen LogP contribution in [0, 0.1) is 25.2 Å². The molecule has 0 saturated carbocycles. The average molecular weight is 416 g/mol. The lowest BCUT2D eigenvalue weighted by atomic mass is 10.1. The second-order valence-electron chi connectivity index (χ2n) is 5.34. The molecule has 0 aliphatic carbocycles. The summed E-state index contributed by atoms with van der Waals surface area (Å²) in [7, 11) is -4.10. The zero-order valence-corrected chi connectivity index (χ0v) is 16.4. The van der Waals surface area contributed by atoms with E-state index in [-0.39, 0.29) is 20.6 Å². The van der Waals surface area contributed by atoms with Gasteiger partial charge in [0.2, 0.25) is 0 Å². The van der Waals surface area contributed by atoms with Crippen LogP contribution in [0.5, 0.6) is 0 Å². The maximum atomic E-state index is 12.5. The highest BCUT2D eigenvalue weighted by atomic mass is 35.5. The smallest absolute Gasteiger partial charge is 0.272 e. The minimum Gasteiger partial charge on any atom is -0.279 e. The molecule has 0 spiro atoms. The van der Waals surface area contributed by atoms with E-state index < -0.39 is 14.9 Å². The second-order valence-corrected chi connectivity index (χ2v) is 8.21. The fourth-order valence-corrected chi connectivity index (χ4v) is 3.82. The Morgan fingerprint density at radius 3 is 2.44 bits per heavy atom. The number of halogens is 3. The van der Waals surface area contributed by atoms with Gasteiger partial charge in [-0.15, -0.1) is 0 Å². The molecule has 8 heteroatoms. The molecule has 4 nitrogen and oxygen atoms in total. The van der Waals surface area contributed by atoms with Crippen LogP contribution in [-0.4, -0.2) is 8.42 Å². The third-order valence-corrected chi connectivity index (χ3v) is 5.65. The molecule has 0 saturated heterocycles. The summed E-state index contributed by atoms with van der Waals surface area (Å²) in [5.74, 6) is 0. The lowest BCUT2D eigenvalue weighted by molar-refractivity contribution is 0.608. The van der Waals surface area contributed by atoms with E-state index in [4.69, 9.17) is 34.8 Å². The fourth-order valence-electron chi connectivity index (χ4n) is 2.12.